The summed E-state index contributed by atoms with van der Waals surface area (Å²) in [5.74, 6) is 2.25. The number of piperidine rings is 1. The fraction of sp³-hybridized carbons (Fsp3) is 0.333. The molecule has 1 aliphatic rings. The van der Waals surface area contributed by atoms with Gasteiger partial charge in [0, 0.05) is 37.2 Å². The van der Waals surface area contributed by atoms with Gasteiger partial charge >= 0.3 is 0 Å². The first-order chi connectivity index (χ1) is 14.2. The molecule has 1 aliphatic heterocycles. The summed E-state index contributed by atoms with van der Waals surface area (Å²) in [7, 11) is 0. The lowest BCUT2D eigenvalue weighted by Crippen LogP contribution is -2.32. The minimum atomic E-state index is 0.623. The molecule has 0 atom stereocenters. The summed E-state index contributed by atoms with van der Waals surface area (Å²) in [5, 5.41) is 6.70. The Balaban J connectivity index is 1.37. The van der Waals surface area contributed by atoms with Gasteiger partial charge in [0.15, 0.2) is 0 Å². The van der Waals surface area contributed by atoms with Gasteiger partial charge in [-0.3, -0.25) is 0 Å². The average Bonchev–Trinajstić information content (AvgIpc) is 2.75. The maximum Gasteiger partial charge on any atom is 0.224 e. The van der Waals surface area contributed by atoms with E-state index in [1.54, 1.807) is 6.20 Å². The first kappa shape index (κ1) is 19.2. The topological polar surface area (TPSA) is 53.1 Å². The van der Waals surface area contributed by atoms with Gasteiger partial charge in [-0.25, -0.2) is 4.98 Å². The molecule has 0 radical (unpaired) electrons. The lowest BCUT2D eigenvalue weighted by molar-refractivity contribution is 0.438. The molecule has 150 valence electrons. The van der Waals surface area contributed by atoms with Crippen molar-refractivity contribution in [2.24, 2.45) is 5.92 Å². The molecule has 1 saturated heterocycles. The van der Waals surface area contributed by atoms with Crippen LogP contribution in [0.15, 0.2) is 60.8 Å². The van der Waals surface area contributed by atoms with Gasteiger partial charge in [-0.15, -0.1) is 0 Å². The van der Waals surface area contributed by atoms with E-state index in [2.05, 4.69) is 87.9 Å². The third-order valence-corrected chi connectivity index (χ3v) is 5.64. The highest BCUT2D eigenvalue weighted by Gasteiger charge is 2.15. The van der Waals surface area contributed by atoms with Crippen LogP contribution in [0, 0.1) is 12.8 Å². The van der Waals surface area contributed by atoms with E-state index in [0.717, 1.165) is 30.5 Å². The summed E-state index contributed by atoms with van der Waals surface area (Å²) in [4.78, 5) is 11.4. The number of rotatable bonds is 6. The zero-order valence-electron chi connectivity index (χ0n) is 17.2. The normalized spacial score (nSPS) is 14.6. The Kier molecular flexibility index (Phi) is 5.94. The molecule has 2 aromatic carbocycles. The highest BCUT2D eigenvalue weighted by molar-refractivity contribution is 5.61. The van der Waals surface area contributed by atoms with Crippen molar-refractivity contribution >= 4 is 23.1 Å². The fourth-order valence-corrected chi connectivity index (χ4v) is 3.67. The summed E-state index contributed by atoms with van der Waals surface area (Å²) in [6, 6.07) is 18.9. The number of nitrogens with zero attached hydrogens (tertiary/aromatic N) is 3. The molecule has 29 heavy (non-hydrogen) atoms. The van der Waals surface area contributed by atoms with Crippen molar-refractivity contribution in [3.63, 3.8) is 0 Å². The maximum atomic E-state index is 4.59. The van der Waals surface area contributed by atoms with E-state index in [1.807, 2.05) is 6.07 Å². The molecule has 5 heteroatoms. The number of nitrogens with one attached hydrogen (secondary N) is 2. The molecule has 0 bridgehead atoms. The van der Waals surface area contributed by atoms with Gasteiger partial charge in [0.05, 0.1) is 0 Å². The van der Waals surface area contributed by atoms with Crippen molar-refractivity contribution in [2.75, 3.05) is 28.6 Å². The Labute approximate surface area is 173 Å². The molecule has 3 aromatic rings. The van der Waals surface area contributed by atoms with Gasteiger partial charge in [-0.05, 0) is 67.1 Å². The standard InChI is InChI=1S/C24H29N5/c1-18-12-15-29(16-13-18)22-9-7-21(8-10-22)27-23-11-14-25-24(28-23)26-17-20-6-4-3-5-19(20)2/h3-11,14,18H,12-13,15-17H2,1-2H3,(H2,25,26,27,28). The Bertz CT molecular complexity index is 930. The van der Waals surface area contributed by atoms with Crippen LogP contribution in [0.2, 0.25) is 0 Å². The second-order valence-corrected chi connectivity index (χ2v) is 7.89. The van der Waals surface area contributed by atoms with Crippen LogP contribution < -0.4 is 15.5 Å². The quantitative estimate of drug-likeness (QED) is 0.595. The van der Waals surface area contributed by atoms with Crippen LogP contribution in [0.1, 0.15) is 30.9 Å². The van der Waals surface area contributed by atoms with E-state index < -0.39 is 0 Å². The van der Waals surface area contributed by atoms with E-state index in [9.17, 15) is 0 Å². The predicted molar refractivity (Wildman–Crippen MR) is 121 cm³/mol. The second-order valence-electron chi connectivity index (χ2n) is 7.89. The monoisotopic (exact) mass is 387 g/mol. The van der Waals surface area contributed by atoms with Gasteiger partial charge in [0.1, 0.15) is 5.82 Å². The van der Waals surface area contributed by atoms with Gasteiger partial charge in [0.25, 0.3) is 0 Å². The first-order valence-corrected chi connectivity index (χ1v) is 10.4. The molecule has 1 fully saturated rings. The summed E-state index contributed by atoms with van der Waals surface area (Å²) in [6.07, 6.45) is 4.33. The number of anilines is 4. The Morgan fingerprint density at radius 3 is 2.52 bits per heavy atom. The van der Waals surface area contributed by atoms with Crippen LogP contribution in [-0.2, 0) is 6.54 Å². The molecule has 2 heterocycles. The van der Waals surface area contributed by atoms with Crippen LogP contribution >= 0.6 is 0 Å². The lowest BCUT2D eigenvalue weighted by atomic mass is 9.99. The zero-order valence-corrected chi connectivity index (χ0v) is 17.2. The Morgan fingerprint density at radius 2 is 1.76 bits per heavy atom. The van der Waals surface area contributed by atoms with Crippen LogP contribution in [0.4, 0.5) is 23.1 Å². The van der Waals surface area contributed by atoms with Gasteiger partial charge in [-0.2, -0.15) is 4.98 Å². The predicted octanol–water partition coefficient (Wildman–Crippen LogP) is 5.38. The van der Waals surface area contributed by atoms with Gasteiger partial charge < -0.3 is 15.5 Å². The van der Waals surface area contributed by atoms with Crippen LogP contribution in [0.25, 0.3) is 0 Å². The van der Waals surface area contributed by atoms with Crippen molar-refractivity contribution < 1.29 is 0 Å². The molecule has 4 rings (SSSR count). The molecule has 0 spiro atoms. The SMILES string of the molecule is Cc1ccccc1CNc1nccc(Nc2ccc(N3CCC(C)CC3)cc2)n1. The van der Waals surface area contributed by atoms with Crippen molar-refractivity contribution in [1.29, 1.82) is 0 Å². The molecule has 0 unspecified atom stereocenters. The molecule has 1 aromatic heterocycles. The van der Waals surface area contributed by atoms with Crippen molar-refractivity contribution in [3.8, 4) is 0 Å². The molecule has 0 saturated carbocycles. The summed E-state index contributed by atoms with van der Waals surface area (Å²) in [5.41, 5.74) is 4.84. The summed E-state index contributed by atoms with van der Waals surface area (Å²) >= 11 is 0. The first-order valence-electron chi connectivity index (χ1n) is 10.4. The molecule has 0 amide bonds. The van der Waals surface area contributed by atoms with Gasteiger partial charge in [-0.1, -0.05) is 31.2 Å². The maximum absolute atomic E-state index is 4.59. The number of hydrogen-bond donors (Lipinski definition) is 2. The molecule has 2 N–H and O–H groups in total. The average molecular weight is 388 g/mol. The Hall–Kier alpha value is -3.08. The number of aryl methyl sites for hydroxylation is 1. The molecular weight excluding hydrogens is 358 g/mol. The number of hydrogen-bond acceptors (Lipinski definition) is 5. The Morgan fingerprint density at radius 1 is 1.00 bits per heavy atom. The largest absolute Gasteiger partial charge is 0.372 e. The number of benzene rings is 2. The van der Waals surface area contributed by atoms with E-state index >= 15 is 0 Å². The third kappa shape index (κ3) is 5.05. The molecule has 5 nitrogen and oxygen atoms in total. The minimum Gasteiger partial charge on any atom is -0.372 e. The zero-order chi connectivity index (χ0) is 20.1. The third-order valence-electron chi connectivity index (χ3n) is 5.64. The minimum absolute atomic E-state index is 0.623. The van der Waals surface area contributed by atoms with Crippen molar-refractivity contribution in [2.45, 2.75) is 33.2 Å². The van der Waals surface area contributed by atoms with E-state index in [-0.39, 0.29) is 0 Å². The van der Waals surface area contributed by atoms with Crippen LogP contribution in [0.3, 0.4) is 0 Å². The van der Waals surface area contributed by atoms with Gasteiger partial charge in [0.2, 0.25) is 5.95 Å². The summed E-state index contributed by atoms with van der Waals surface area (Å²) in [6.45, 7) is 7.46. The summed E-state index contributed by atoms with van der Waals surface area (Å²) < 4.78 is 0. The highest BCUT2D eigenvalue weighted by atomic mass is 15.1. The van der Waals surface area contributed by atoms with Crippen LogP contribution in [-0.4, -0.2) is 23.1 Å². The van der Waals surface area contributed by atoms with E-state index in [0.29, 0.717) is 12.5 Å². The molecular formula is C24H29N5. The lowest BCUT2D eigenvalue weighted by Gasteiger charge is -2.32. The van der Waals surface area contributed by atoms with Crippen LogP contribution in [0.5, 0.6) is 0 Å². The fourth-order valence-electron chi connectivity index (χ4n) is 3.67. The van der Waals surface area contributed by atoms with E-state index in [1.165, 1.54) is 29.7 Å². The number of aromatic nitrogens is 2. The second kappa shape index (κ2) is 8.95. The van der Waals surface area contributed by atoms with E-state index in [4.69, 9.17) is 0 Å². The molecule has 0 aliphatic carbocycles. The highest BCUT2D eigenvalue weighted by Crippen LogP contribution is 2.25. The van der Waals surface area contributed by atoms with Crippen molar-refractivity contribution in [1.82, 2.24) is 9.97 Å². The smallest absolute Gasteiger partial charge is 0.224 e. The van der Waals surface area contributed by atoms with Crippen molar-refractivity contribution in [3.05, 3.63) is 71.9 Å².